The Morgan fingerprint density at radius 3 is 3.05 bits per heavy atom. The van der Waals surface area contributed by atoms with Crippen LogP contribution in [-0.4, -0.2) is 25.0 Å². The second-order valence-electron chi connectivity index (χ2n) is 5.15. The van der Waals surface area contributed by atoms with Gasteiger partial charge in [-0.05, 0) is 42.8 Å². The SMILES string of the molecule is CCCCOCCCNC1C[C@H](C)Sc2sccc21. The number of rotatable bonds is 8. The highest BCUT2D eigenvalue weighted by Crippen LogP contribution is 2.43. The van der Waals surface area contributed by atoms with Crippen molar-refractivity contribution in [3.05, 3.63) is 17.0 Å². The number of hydrogen-bond acceptors (Lipinski definition) is 4. The first kappa shape index (κ1) is 15.4. The maximum Gasteiger partial charge on any atom is 0.0649 e. The second-order valence-corrected chi connectivity index (χ2v) is 7.78. The van der Waals surface area contributed by atoms with E-state index in [0.717, 1.165) is 31.4 Å². The third-order valence-corrected chi connectivity index (χ3v) is 5.75. The molecule has 108 valence electrons. The first-order chi connectivity index (χ1) is 9.31. The molecule has 1 aromatic heterocycles. The summed E-state index contributed by atoms with van der Waals surface area (Å²) >= 11 is 3.91. The molecule has 0 radical (unpaired) electrons. The molecular formula is C15H25NOS2. The monoisotopic (exact) mass is 299 g/mol. The van der Waals surface area contributed by atoms with Crippen LogP contribution in [0.15, 0.2) is 15.7 Å². The van der Waals surface area contributed by atoms with Crippen molar-refractivity contribution in [1.29, 1.82) is 0 Å². The fourth-order valence-corrected chi connectivity index (χ4v) is 4.91. The number of nitrogens with one attached hydrogen (secondary N) is 1. The van der Waals surface area contributed by atoms with Crippen LogP contribution in [0.4, 0.5) is 0 Å². The van der Waals surface area contributed by atoms with E-state index in [1.54, 1.807) is 0 Å². The van der Waals surface area contributed by atoms with Crippen molar-refractivity contribution >= 4 is 23.1 Å². The standard InChI is InChI=1S/C15H25NOS2/c1-3-4-8-17-9-5-7-16-14-11-12(2)19-15-13(14)6-10-18-15/h6,10,12,14,16H,3-5,7-9,11H2,1-2H3/t12-,14?/m0/s1. The second kappa shape index (κ2) is 8.30. The summed E-state index contributed by atoms with van der Waals surface area (Å²) in [6.07, 6.45) is 4.76. The molecule has 2 rings (SSSR count). The zero-order valence-electron chi connectivity index (χ0n) is 12.0. The van der Waals surface area contributed by atoms with Crippen LogP contribution in [0, 0.1) is 0 Å². The molecule has 0 amide bonds. The van der Waals surface area contributed by atoms with Crippen LogP contribution in [0.3, 0.4) is 0 Å². The van der Waals surface area contributed by atoms with Gasteiger partial charge in [0.05, 0.1) is 4.21 Å². The van der Waals surface area contributed by atoms with E-state index < -0.39 is 0 Å². The van der Waals surface area contributed by atoms with Gasteiger partial charge in [0, 0.05) is 24.5 Å². The first-order valence-electron chi connectivity index (χ1n) is 7.36. The van der Waals surface area contributed by atoms with Gasteiger partial charge in [0.2, 0.25) is 0 Å². The Kier molecular flexibility index (Phi) is 6.71. The molecule has 1 N–H and O–H groups in total. The van der Waals surface area contributed by atoms with Crippen molar-refractivity contribution in [2.24, 2.45) is 0 Å². The van der Waals surface area contributed by atoms with E-state index in [0.29, 0.717) is 6.04 Å². The number of fused-ring (bicyclic) bond motifs is 1. The Morgan fingerprint density at radius 1 is 1.37 bits per heavy atom. The molecule has 1 aromatic rings. The molecular weight excluding hydrogens is 274 g/mol. The van der Waals surface area contributed by atoms with Gasteiger partial charge in [-0.25, -0.2) is 0 Å². The largest absolute Gasteiger partial charge is 0.381 e. The summed E-state index contributed by atoms with van der Waals surface area (Å²) in [6, 6.07) is 2.84. The van der Waals surface area contributed by atoms with Gasteiger partial charge in [0.25, 0.3) is 0 Å². The molecule has 1 aliphatic rings. The fraction of sp³-hybridized carbons (Fsp3) is 0.733. The van der Waals surface area contributed by atoms with Crippen LogP contribution >= 0.6 is 23.1 Å². The zero-order valence-corrected chi connectivity index (χ0v) is 13.6. The lowest BCUT2D eigenvalue weighted by Crippen LogP contribution is -2.27. The number of thiophene rings is 1. The first-order valence-corrected chi connectivity index (χ1v) is 9.12. The molecule has 2 nitrogen and oxygen atoms in total. The molecule has 0 saturated heterocycles. The van der Waals surface area contributed by atoms with Crippen LogP contribution in [-0.2, 0) is 4.74 Å². The highest BCUT2D eigenvalue weighted by Gasteiger charge is 2.25. The minimum Gasteiger partial charge on any atom is -0.381 e. The minimum atomic E-state index is 0.549. The van der Waals surface area contributed by atoms with Crippen LogP contribution in [0.25, 0.3) is 0 Å². The summed E-state index contributed by atoms with van der Waals surface area (Å²) in [5.41, 5.74) is 1.51. The molecule has 0 spiro atoms. The Balaban J connectivity index is 1.66. The summed E-state index contributed by atoms with van der Waals surface area (Å²) < 4.78 is 7.11. The molecule has 4 heteroatoms. The van der Waals surface area contributed by atoms with Gasteiger partial charge in [-0.15, -0.1) is 23.1 Å². The lowest BCUT2D eigenvalue weighted by molar-refractivity contribution is 0.128. The quantitative estimate of drug-likeness (QED) is 0.716. The summed E-state index contributed by atoms with van der Waals surface area (Å²) in [4.78, 5) is 0. The number of ether oxygens (including phenoxy) is 1. The summed E-state index contributed by atoms with van der Waals surface area (Å²) in [5, 5.41) is 6.65. The number of thioether (sulfide) groups is 1. The molecule has 2 atom stereocenters. The smallest absolute Gasteiger partial charge is 0.0649 e. The molecule has 1 unspecified atom stereocenters. The Morgan fingerprint density at radius 2 is 2.21 bits per heavy atom. The van der Waals surface area contributed by atoms with Crippen molar-refractivity contribution in [2.45, 2.75) is 55.0 Å². The van der Waals surface area contributed by atoms with Gasteiger partial charge in [-0.1, -0.05) is 20.3 Å². The predicted molar refractivity (Wildman–Crippen MR) is 85.3 cm³/mol. The third-order valence-electron chi connectivity index (χ3n) is 3.41. The normalized spacial score (nSPS) is 22.4. The topological polar surface area (TPSA) is 21.3 Å². The molecule has 2 heterocycles. The van der Waals surface area contributed by atoms with Crippen LogP contribution < -0.4 is 5.32 Å². The summed E-state index contributed by atoms with van der Waals surface area (Å²) in [6.45, 7) is 7.40. The van der Waals surface area contributed by atoms with Crippen molar-refractivity contribution in [3.8, 4) is 0 Å². The van der Waals surface area contributed by atoms with Crippen molar-refractivity contribution in [3.63, 3.8) is 0 Å². The van der Waals surface area contributed by atoms with Gasteiger partial charge in [-0.3, -0.25) is 0 Å². The maximum atomic E-state index is 5.60. The van der Waals surface area contributed by atoms with E-state index >= 15 is 0 Å². The lowest BCUT2D eigenvalue weighted by Gasteiger charge is -2.27. The molecule has 0 fully saturated rings. The van der Waals surface area contributed by atoms with Crippen molar-refractivity contribution < 1.29 is 4.74 Å². The third kappa shape index (κ3) is 4.78. The fourth-order valence-electron chi connectivity index (χ4n) is 2.34. The lowest BCUT2D eigenvalue weighted by atomic mass is 10.0. The van der Waals surface area contributed by atoms with E-state index in [1.165, 1.54) is 29.0 Å². The van der Waals surface area contributed by atoms with E-state index in [1.807, 2.05) is 23.1 Å². The van der Waals surface area contributed by atoms with Gasteiger partial charge in [-0.2, -0.15) is 0 Å². The zero-order chi connectivity index (χ0) is 13.5. The predicted octanol–water partition coefficient (Wildman–Crippen LogP) is 4.47. The van der Waals surface area contributed by atoms with E-state index in [9.17, 15) is 0 Å². The van der Waals surface area contributed by atoms with E-state index in [4.69, 9.17) is 4.74 Å². The van der Waals surface area contributed by atoms with Gasteiger partial charge in [0.15, 0.2) is 0 Å². The summed E-state index contributed by atoms with van der Waals surface area (Å²) in [5.74, 6) is 0. The molecule has 0 aromatic carbocycles. The highest BCUT2D eigenvalue weighted by molar-refractivity contribution is 8.01. The van der Waals surface area contributed by atoms with Crippen molar-refractivity contribution in [1.82, 2.24) is 5.32 Å². The molecule has 0 saturated carbocycles. The number of hydrogen-bond donors (Lipinski definition) is 1. The highest BCUT2D eigenvalue weighted by atomic mass is 32.2. The average Bonchev–Trinajstić information content (AvgIpc) is 2.85. The molecule has 0 bridgehead atoms. The van der Waals surface area contributed by atoms with E-state index in [2.05, 4.69) is 30.6 Å². The van der Waals surface area contributed by atoms with Gasteiger partial charge < -0.3 is 10.1 Å². The Labute approximate surface area is 125 Å². The van der Waals surface area contributed by atoms with Gasteiger partial charge >= 0.3 is 0 Å². The van der Waals surface area contributed by atoms with Gasteiger partial charge in [0.1, 0.15) is 0 Å². The van der Waals surface area contributed by atoms with Crippen LogP contribution in [0.5, 0.6) is 0 Å². The maximum absolute atomic E-state index is 5.60. The molecule has 0 aliphatic carbocycles. The Hall–Kier alpha value is -0.0300. The summed E-state index contributed by atoms with van der Waals surface area (Å²) in [7, 11) is 0. The van der Waals surface area contributed by atoms with Crippen LogP contribution in [0.1, 0.15) is 51.1 Å². The molecule has 1 aliphatic heterocycles. The molecule has 19 heavy (non-hydrogen) atoms. The van der Waals surface area contributed by atoms with Crippen molar-refractivity contribution in [2.75, 3.05) is 19.8 Å². The minimum absolute atomic E-state index is 0.549. The van der Waals surface area contributed by atoms with E-state index in [-0.39, 0.29) is 0 Å². The number of unbranched alkanes of at least 4 members (excludes halogenated alkanes) is 1. The van der Waals surface area contributed by atoms with Crippen LogP contribution in [0.2, 0.25) is 0 Å². The average molecular weight is 300 g/mol. The Bertz CT molecular complexity index is 367.